The molecule has 1 aliphatic rings. The summed E-state index contributed by atoms with van der Waals surface area (Å²) in [6, 6.07) is 0. The molecule has 15 heavy (non-hydrogen) atoms. The first-order chi connectivity index (χ1) is 7.04. The topological polar surface area (TPSA) is 66.4 Å². The highest BCUT2D eigenvalue weighted by Gasteiger charge is 2.32. The van der Waals surface area contributed by atoms with Gasteiger partial charge in [0.25, 0.3) is 0 Å². The smallest absolute Gasteiger partial charge is 0.150 e. The van der Waals surface area contributed by atoms with Gasteiger partial charge in [-0.25, -0.2) is 8.42 Å². The molecule has 0 amide bonds. The van der Waals surface area contributed by atoms with E-state index < -0.39 is 9.84 Å². The van der Waals surface area contributed by atoms with Crippen molar-refractivity contribution in [2.75, 3.05) is 31.2 Å². The molecule has 0 spiro atoms. The average Bonchev–Trinajstić information content (AvgIpc) is 2.67. The fourth-order valence-corrected chi connectivity index (χ4v) is 2.91. The lowest BCUT2D eigenvalue weighted by Crippen LogP contribution is -2.29. The van der Waals surface area contributed by atoms with Crippen LogP contribution in [-0.2, 0) is 9.84 Å². The van der Waals surface area contributed by atoms with E-state index in [0.29, 0.717) is 6.42 Å². The number of aliphatic hydroxyl groups excluding tert-OH is 1. The number of sulfone groups is 1. The van der Waals surface area contributed by atoms with E-state index in [4.69, 9.17) is 0 Å². The van der Waals surface area contributed by atoms with Crippen LogP contribution in [-0.4, -0.2) is 44.7 Å². The molecule has 0 aromatic carbocycles. The molecule has 1 unspecified atom stereocenters. The third-order valence-electron chi connectivity index (χ3n) is 3.27. The van der Waals surface area contributed by atoms with Gasteiger partial charge < -0.3 is 10.4 Å². The Kier molecular flexibility index (Phi) is 4.55. The molecule has 0 radical (unpaired) electrons. The van der Waals surface area contributed by atoms with Crippen LogP contribution in [0.5, 0.6) is 0 Å². The van der Waals surface area contributed by atoms with Crippen molar-refractivity contribution in [3.8, 4) is 0 Å². The molecule has 4 nitrogen and oxygen atoms in total. The highest BCUT2D eigenvalue weighted by molar-refractivity contribution is 7.91. The van der Waals surface area contributed by atoms with Crippen LogP contribution in [0.25, 0.3) is 0 Å². The molecule has 0 saturated carbocycles. The Labute approximate surface area is 92.0 Å². The lowest BCUT2D eigenvalue weighted by Gasteiger charge is -2.25. The number of nitrogens with one attached hydrogen (secondary N) is 1. The third-order valence-corrected chi connectivity index (χ3v) is 5.06. The van der Waals surface area contributed by atoms with E-state index in [1.807, 2.05) is 0 Å². The maximum Gasteiger partial charge on any atom is 0.150 e. The van der Waals surface area contributed by atoms with Gasteiger partial charge in [0.2, 0.25) is 0 Å². The molecule has 0 aliphatic carbocycles. The van der Waals surface area contributed by atoms with Gasteiger partial charge in [-0.15, -0.1) is 0 Å². The zero-order valence-electron chi connectivity index (χ0n) is 9.33. The van der Waals surface area contributed by atoms with Crippen molar-refractivity contribution in [2.45, 2.75) is 26.2 Å². The van der Waals surface area contributed by atoms with Crippen molar-refractivity contribution in [3.63, 3.8) is 0 Å². The Morgan fingerprint density at radius 2 is 2.20 bits per heavy atom. The van der Waals surface area contributed by atoms with Crippen molar-refractivity contribution in [3.05, 3.63) is 0 Å². The summed E-state index contributed by atoms with van der Waals surface area (Å²) < 4.78 is 22.6. The van der Waals surface area contributed by atoms with Crippen LogP contribution >= 0.6 is 0 Å². The lowest BCUT2D eigenvalue weighted by atomic mass is 9.83. The Morgan fingerprint density at radius 3 is 2.67 bits per heavy atom. The molecule has 5 heteroatoms. The van der Waals surface area contributed by atoms with Crippen molar-refractivity contribution >= 4 is 9.84 Å². The van der Waals surface area contributed by atoms with E-state index in [1.165, 1.54) is 0 Å². The molecule has 1 rings (SSSR count). The van der Waals surface area contributed by atoms with Crippen LogP contribution in [0.2, 0.25) is 0 Å². The quantitative estimate of drug-likeness (QED) is 0.689. The zero-order chi connectivity index (χ0) is 11.4. The van der Waals surface area contributed by atoms with Crippen molar-refractivity contribution in [1.29, 1.82) is 0 Å². The predicted octanol–water partition coefficient (Wildman–Crippen LogP) is 0.173. The van der Waals surface area contributed by atoms with Crippen molar-refractivity contribution < 1.29 is 13.5 Å². The SMILES string of the molecule is CCS(=O)(=O)CCCC1(CO)CCNC1. The predicted molar refractivity (Wildman–Crippen MR) is 60.6 cm³/mol. The van der Waals surface area contributed by atoms with Gasteiger partial charge in [0.15, 0.2) is 0 Å². The summed E-state index contributed by atoms with van der Waals surface area (Å²) in [5.74, 6) is 0.475. The Bertz CT molecular complexity index is 281. The molecular formula is C10H21NO3S. The standard InChI is InChI=1S/C10H21NO3S/c1-2-15(13,14)7-3-4-10(9-12)5-6-11-8-10/h11-12H,2-9H2,1H3. The highest BCUT2D eigenvalue weighted by atomic mass is 32.2. The monoisotopic (exact) mass is 235 g/mol. The minimum absolute atomic E-state index is 0.0662. The number of rotatable bonds is 6. The van der Waals surface area contributed by atoms with Crippen LogP contribution in [0, 0.1) is 5.41 Å². The lowest BCUT2D eigenvalue weighted by molar-refractivity contribution is 0.133. The van der Waals surface area contributed by atoms with Gasteiger partial charge in [0.1, 0.15) is 9.84 Å². The molecule has 1 saturated heterocycles. The first kappa shape index (κ1) is 12.9. The molecule has 0 aromatic rings. The maximum absolute atomic E-state index is 11.3. The van der Waals surface area contributed by atoms with Crippen LogP contribution in [0.4, 0.5) is 0 Å². The first-order valence-electron chi connectivity index (χ1n) is 5.56. The minimum atomic E-state index is -2.85. The van der Waals surface area contributed by atoms with E-state index in [2.05, 4.69) is 5.32 Å². The second-order valence-corrected chi connectivity index (χ2v) is 6.90. The van der Waals surface area contributed by atoms with Crippen LogP contribution in [0.15, 0.2) is 0 Å². The van der Waals surface area contributed by atoms with E-state index in [9.17, 15) is 13.5 Å². The molecule has 0 aromatic heterocycles. The van der Waals surface area contributed by atoms with Gasteiger partial charge in [-0.3, -0.25) is 0 Å². The summed E-state index contributed by atoms with van der Waals surface area (Å²) in [6.07, 6.45) is 2.42. The molecule has 1 atom stereocenters. The second-order valence-electron chi connectivity index (χ2n) is 4.42. The number of aliphatic hydroxyl groups is 1. The average molecular weight is 235 g/mol. The third kappa shape index (κ3) is 3.74. The summed E-state index contributed by atoms with van der Waals surface area (Å²) in [7, 11) is -2.85. The summed E-state index contributed by atoms with van der Waals surface area (Å²) in [5, 5.41) is 12.5. The second kappa shape index (κ2) is 5.27. The normalized spacial score (nSPS) is 27.1. The Balaban J connectivity index is 2.36. The van der Waals surface area contributed by atoms with Gasteiger partial charge in [-0.05, 0) is 25.8 Å². The van der Waals surface area contributed by atoms with Crippen LogP contribution in [0.1, 0.15) is 26.2 Å². The fourth-order valence-electron chi connectivity index (χ4n) is 2.03. The number of hydrogen-bond acceptors (Lipinski definition) is 4. The number of hydrogen-bond donors (Lipinski definition) is 2. The first-order valence-corrected chi connectivity index (χ1v) is 7.38. The largest absolute Gasteiger partial charge is 0.396 e. The van der Waals surface area contributed by atoms with Gasteiger partial charge in [0, 0.05) is 24.3 Å². The van der Waals surface area contributed by atoms with E-state index >= 15 is 0 Å². The van der Waals surface area contributed by atoms with Crippen molar-refractivity contribution in [1.82, 2.24) is 5.32 Å². The maximum atomic E-state index is 11.3. The molecule has 1 fully saturated rings. The summed E-state index contributed by atoms with van der Waals surface area (Å²) in [6.45, 7) is 3.58. The summed E-state index contributed by atoms with van der Waals surface area (Å²) in [5.41, 5.74) is -0.0662. The van der Waals surface area contributed by atoms with Gasteiger partial charge in [-0.2, -0.15) is 0 Å². The Hall–Kier alpha value is -0.130. The van der Waals surface area contributed by atoms with Gasteiger partial charge >= 0.3 is 0 Å². The van der Waals surface area contributed by atoms with E-state index in [1.54, 1.807) is 6.92 Å². The van der Waals surface area contributed by atoms with E-state index in [-0.39, 0.29) is 23.5 Å². The van der Waals surface area contributed by atoms with E-state index in [0.717, 1.165) is 25.9 Å². The van der Waals surface area contributed by atoms with Gasteiger partial charge in [-0.1, -0.05) is 6.92 Å². The molecular weight excluding hydrogens is 214 g/mol. The molecule has 1 aliphatic heterocycles. The Morgan fingerprint density at radius 1 is 1.47 bits per heavy atom. The molecule has 2 N–H and O–H groups in total. The minimum Gasteiger partial charge on any atom is -0.396 e. The fraction of sp³-hybridized carbons (Fsp3) is 1.00. The molecule has 0 bridgehead atoms. The van der Waals surface area contributed by atoms with Crippen molar-refractivity contribution in [2.24, 2.45) is 5.41 Å². The van der Waals surface area contributed by atoms with Crippen LogP contribution < -0.4 is 5.32 Å². The van der Waals surface area contributed by atoms with Gasteiger partial charge in [0.05, 0.1) is 5.75 Å². The summed E-state index contributed by atoms with van der Waals surface area (Å²) in [4.78, 5) is 0. The highest BCUT2D eigenvalue weighted by Crippen LogP contribution is 2.30. The van der Waals surface area contributed by atoms with Crippen LogP contribution in [0.3, 0.4) is 0 Å². The summed E-state index contributed by atoms with van der Waals surface area (Å²) >= 11 is 0. The molecule has 1 heterocycles. The molecule has 90 valence electrons. The zero-order valence-corrected chi connectivity index (χ0v) is 10.1.